The maximum Gasteiger partial charge on any atom is 0.274 e. The van der Waals surface area contributed by atoms with Crippen molar-refractivity contribution in [3.05, 3.63) is 40.7 Å². The molecule has 1 aromatic heterocycles. The Morgan fingerprint density at radius 3 is 2.51 bits per heavy atom. The van der Waals surface area contributed by atoms with Crippen LogP contribution >= 0.6 is 0 Å². The van der Waals surface area contributed by atoms with Crippen LogP contribution in [-0.2, 0) is 28.9 Å². The maximum absolute atomic E-state index is 13.4. The number of ether oxygens (including phenoxy) is 2. The van der Waals surface area contributed by atoms with Gasteiger partial charge in [0.25, 0.3) is 5.91 Å². The Morgan fingerprint density at radius 2 is 1.84 bits per heavy atom. The minimum absolute atomic E-state index is 0.00204. The average Bonchev–Trinajstić information content (AvgIpc) is 3.51. The third-order valence-corrected chi connectivity index (χ3v) is 7.49. The van der Waals surface area contributed by atoms with Crippen LogP contribution in [0, 0.1) is 11.3 Å². The zero-order valence-corrected chi connectivity index (χ0v) is 21.8. The number of morpholine rings is 1. The van der Waals surface area contributed by atoms with Crippen LogP contribution in [0.1, 0.15) is 47.6 Å². The second-order valence-corrected chi connectivity index (χ2v) is 10.1. The lowest BCUT2D eigenvalue weighted by atomic mass is 10.1. The van der Waals surface area contributed by atoms with Gasteiger partial charge >= 0.3 is 0 Å². The Morgan fingerprint density at radius 1 is 1.11 bits per heavy atom. The predicted octanol–water partition coefficient (Wildman–Crippen LogP) is 1.85. The van der Waals surface area contributed by atoms with Crippen molar-refractivity contribution >= 4 is 17.5 Å². The molecule has 1 aliphatic carbocycles. The number of anilines is 1. The van der Waals surface area contributed by atoms with Gasteiger partial charge in [-0.15, -0.1) is 0 Å². The van der Waals surface area contributed by atoms with Crippen molar-refractivity contribution in [3.8, 4) is 11.8 Å². The minimum atomic E-state index is -0.0616. The molecule has 3 heterocycles. The summed E-state index contributed by atoms with van der Waals surface area (Å²) in [4.78, 5) is 32.5. The molecule has 2 atom stereocenters. The first-order chi connectivity index (χ1) is 17.9. The highest BCUT2D eigenvalue weighted by Crippen LogP contribution is 2.32. The van der Waals surface area contributed by atoms with Crippen molar-refractivity contribution in [2.24, 2.45) is 0 Å². The van der Waals surface area contributed by atoms with Gasteiger partial charge in [0.2, 0.25) is 5.91 Å². The van der Waals surface area contributed by atoms with Gasteiger partial charge in [0.1, 0.15) is 12.6 Å². The van der Waals surface area contributed by atoms with Crippen LogP contribution in [0.5, 0.6) is 5.75 Å². The standard InChI is InChI=1S/C27H34N6O4/c1-18-15-32(16-19(2)37-18)27(35)25-21-7-5-8-22(21)33(29-25)17-24(34)31-12-10-30(11-13-31)23-9-4-6-20(14-28)26(23)36-3/h4,6,9,18-19H,5,7-8,10-13,15-17H2,1-3H3/t18-,19+. The number of nitriles is 1. The van der Waals surface area contributed by atoms with Gasteiger partial charge in [0.15, 0.2) is 11.4 Å². The molecule has 0 radical (unpaired) electrons. The second-order valence-electron chi connectivity index (χ2n) is 10.1. The van der Waals surface area contributed by atoms with Crippen molar-refractivity contribution in [1.29, 1.82) is 5.26 Å². The van der Waals surface area contributed by atoms with E-state index < -0.39 is 0 Å². The molecule has 2 fully saturated rings. The van der Waals surface area contributed by atoms with E-state index in [2.05, 4.69) is 16.1 Å². The second kappa shape index (κ2) is 10.4. The topological polar surface area (TPSA) is 104 Å². The van der Waals surface area contributed by atoms with E-state index in [0.717, 1.165) is 36.2 Å². The van der Waals surface area contributed by atoms with Gasteiger partial charge in [-0.05, 0) is 45.2 Å². The predicted molar refractivity (Wildman–Crippen MR) is 137 cm³/mol. The van der Waals surface area contributed by atoms with Gasteiger partial charge in [-0.1, -0.05) is 6.07 Å². The van der Waals surface area contributed by atoms with E-state index in [4.69, 9.17) is 9.47 Å². The summed E-state index contributed by atoms with van der Waals surface area (Å²) < 4.78 is 13.0. The molecule has 1 aromatic carbocycles. The smallest absolute Gasteiger partial charge is 0.274 e. The normalized spacial score (nSPS) is 21.5. The number of aromatic nitrogens is 2. The number of hydrogen-bond acceptors (Lipinski definition) is 7. The summed E-state index contributed by atoms with van der Waals surface area (Å²) in [5.41, 5.74) is 3.88. The van der Waals surface area contributed by atoms with Gasteiger partial charge in [-0.25, -0.2) is 0 Å². The van der Waals surface area contributed by atoms with Crippen LogP contribution in [-0.4, -0.2) is 90.0 Å². The van der Waals surface area contributed by atoms with Gasteiger partial charge in [-0.2, -0.15) is 10.4 Å². The van der Waals surface area contributed by atoms with Crippen molar-refractivity contribution in [3.63, 3.8) is 0 Å². The number of para-hydroxylation sites is 1. The average molecular weight is 507 g/mol. The lowest BCUT2D eigenvalue weighted by molar-refractivity contribution is -0.132. The van der Waals surface area contributed by atoms with Crippen LogP contribution in [0.15, 0.2) is 18.2 Å². The number of amides is 2. The minimum Gasteiger partial charge on any atom is -0.493 e. The number of hydrogen-bond donors (Lipinski definition) is 0. The molecule has 3 aliphatic rings. The van der Waals surface area contributed by atoms with Crippen LogP contribution in [0.3, 0.4) is 0 Å². The molecular weight excluding hydrogens is 472 g/mol. The highest BCUT2D eigenvalue weighted by molar-refractivity contribution is 5.94. The van der Waals surface area contributed by atoms with E-state index >= 15 is 0 Å². The molecular formula is C27H34N6O4. The molecule has 0 N–H and O–H groups in total. The van der Waals surface area contributed by atoms with Crippen molar-refractivity contribution in [2.75, 3.05) is 51.3 Å². The Bertz CT molecular complexity index is 1220. The summed E-state index contributed by atoms with van der Waals surface area (Å²) in [6, 6.07) is 7.71. The number of carbonyl (C=O) groups excluding carboxylic acids is 2. The van der Waals surface area contributed by atoms with Crippen LogP contribution in [0.25, 0.3) is 0 Å². The lowest BCUT2D eigenvalue weighted by Gasteiger charge is -2.36. The molecule has 0 bridgehead atoms. The van der Waals surface area contributed by atoms with Gasteiger partial charge < -0.3 is 24.2 Å². The number of piperazine rings is 1. The van der Waals surface area contributed by atoms with Crippen LogP contribution in [0.4, 0.5) is 5.69 Å². The monoisotopic (exact) mass is 506 g/mol. The molecule has 0 unspecified atom stereocenters. The first kappa shape index (κ1) is 25.1. The molecule has 0 saturated carbocycles. The zero-order chi connectivity index (χ0) is 26.1. The van der Waals surface area contributed by atoms with E-state index in [1.807, 2.05) is 35.8 Å². The summed E-state index contributed by atoms with van der Waals surface area (Å²) >= 11 is 0. The fourth-order valence-electron chi connectivity index (χ4n) is 5.81. The summed E-state index contributed by atoms with van der Waals surface area (Å²) in [5, 5.41) is 14.1. The van der Waals surface area contributed by atoms with E-state index in [0.29, 0.717) is 56.3 Å². The number of nitrogens with zero attached hydrogens (tertiary/aromatic N) is 6. The third kappa shape index (κ3) is 4.88. The largest absolute Gasteiger partial charge is 0.493 e. The van der Waals surface area contributed by atoms with Crippen molar-refractivity contribution < 1.29 is 19.1 Å². The molecule has 2 saturated heterocycles. The number of fused-ring (bicyclic) bond motifs is 1. The van der Waals surface area contributed by atoms with Gasteiger partial charge in [0, 0.05) is 50.5 Å². The Kier molecular flexibility index (Phi) is 7.07. The summed E-state index contributed by atoms with van der Waals surface area (Å²) in [6.45, 7) is 7.62. The molecule has 37 heavy (non-hydrogen) atoms. The maximum atomic E-state index is 13.4. The summed E-state index contributed by atoms with van der Waals surface area (Å²) in [5.74, 6) is 0.508. The molecule has 2 amide bonds. The SMILES string of the molecule is COc1c(C#N)cccc1N1CCN(C(=O)Cn2nc(C(=O)N3C[C@@H](C)O[C@@H](C)C3)c3c2CCC3)CC1. The first-order valence-corrected chi connectivity index (χ1v) is 13.0. The molecule has 196 valence electrons. The molecule has 5 rings (SSSR count). The first-order valence-electron chi connectivity index (χ1n) is 13.0. The van der Waals surface area contributed by atoms with E-state index in [1.54, 1.807) is 17.9 Å². The molecule has 2 aromatic rings. The third-order valence-electron chi connectivity index (χ3n) is 7.49. The summed E-state index contributed by atoms with van der Waals surface area (Å²) in [6.07, 6.45) is 2.61. The number of methoxy groups -OCH3 is 1. The Labute approximate surface area is 217 Å². The molecule has 10 heteroatoms. The van der Waals surface area contributed by atoms with E-state index in [1.165, 1.54) is 0 Å². The van der Waals surface area contributed by atoms with Gasteiger partial charge in [-0.3, -0.25) is 14.3 Å². The Balaban J connectivity index is 1.26. The van der Waals surface area contributed by atoms with E-state index in [-0.39, 0.29) is 30.6 Å². The molecule has 10 nitrogen and oxygen atoms in total. The fraction of sp³-hybridized carbons (Fsp3) is 0.556. The number of benzene rings is 1. The number of carbonyl (C=O) groups is 2. The van der Waals surface area contributed by atoms with Crippen LogP contribution in [0.2, 0.25) is 0 Å². The quantitative estimate of drug-likeness (QED) is 0.610. The van der Waals surface area contributed by atoms with Crippen molar-refractivity contribution in [2.45, 2.75) is 51.9 Å². The van der Waals surface area contributed by atoms with E-state index in [9.17, 15) is 14.9 Å². The zero-order valence-electron chi connectivity index (χ0n) is 21.8. The summed E-state index contributed by atoms with van der Waals surface area (Å²) in [7, 11) is 1.57. The highest BCUT2D eigenvalue weighted by Gasteiger charge is 2.33. The fourth-order valence-corrected chi connectivity index (χ4v) is 5.81. The van der Waals surface area contributed by atoms with Gasteiger partial charge in [0.05, 0.1) is 30.6 Å². The van der Waals surface area contributed by atoms with Crippen molar-refractivity contribution in [1.82, 2.24) is 19.6 Å². The Hall–Kier alpha value is -3.58. The number of rotatable bonds is 5. The highest BCUT2D eigenvalue weighted by atomic mass is 16.5. The van der Waals surface area contributed by atoms with Crippen LogP contribution < -0.4 is 9.64 Å². The molecule has 2 aliphatic heterocycles. The lowest BCUT2D eigenvalue weighted by Crippen LogP contribution is -2.50. The molecule has 0 spiro atoms.